The minimum absolute atomic E-state index is 0.0327. The van der Waals surface area contributed by atoms with Crippen LogP contribution >= 0.6 is 33.9 Å². The molecule has 0 aliphatic carbocycles. The highest BCUT2D eigenvalue weighted by Gasteiger charge is 2.23. The Morgan fingerprint density at radius 3 is 2.56 bits per heavy atom. The minimum Gasteiger partial charge on any atom is -0.486 e. The molecule has 1 unspecified atom stereocenters. The molecule has 1 heterocycles. The summed E-state index contributed by atoms with van der Waals surface area (Å²) in [6.45, 7) is 1.10. The molecule has 1 saturated heterocycles. The Bertz CT molecular complexity index is 552. The SMILES string of the molecule is O=S(=O)(Cl)c1ccc(OC2CCOC2)c(Cl)c1Cl. The van der Waals surface area contributed by atoms with E-state index in [0.29, 0.717) is 19.0 Å². The van der Waals surface area contributed by atoms with Gasteiger partial charge in [0.25, 0.3) is 9.05 Å². The van der Waals surface area contributed by atoms with Crippen molar-refractivity contribution in [2.24, 2.45) is 0 Å². The summed E-state index contributed by atoms with van der Waals surface area (Å²) in [5.74, 6) is 0.321. The van der Waals surface area contributed by atoms with E-state index in [4.69, 9.17) is 43.4 Å². The van der Waals surface area contributed by atoms with Gasteiger partial charge in [0.1, 0.15) is 21.8 Å². The van der Waals surface area contributed by atoms with Gasteiger partial charge in [0, 0.05) is 17.1 Å². The molecule has 0 aromatic heterocycles. The topological polar surface area (TPSA) is 52.6 Å². The van der Waals surface area contributed by atoms with Crippen LogP contribution in [0.4, 0.5) is 0 Å². The number of ether oxygens (including phenoxy) is 2. The Labute approximate surface area is 119 Å². The van der Waals surface area contributed by atoms with Crippen LogP contribution in [0.3, 0.4) is 0 Å². The fraction of sp³-hybridized carbons (Fsp3) is 0.400. The first kappa shape index (κ1) is 14.2. The third-order valence-electron chi connectivity index (χ3n) is 2.46. The van der Waals surface area contributed by atoms with Crippen molar-refractivity contribution in [2.75, 3.05) is 13.2 Å². The van der Waals surface area contributed by atoms with Crippen molar-refractivity contribution in [1.82, 2.24) is 0 Å². The van der Waals surface area contributed by atoms with Crippen LogP contribution < -0.4 is 4.74 Å². The van der Waals surface area contributed by atoms with E-state index in [1.54, 1.807) is 0 Å². The lowest BCUT2D eigenvalue weighted by atomic mass is 10.3. The van der Waals surface area contributed by atoms with Crippen molar-refractivity contribution in [3.8, 4) is 5.75 Å². The molecule has 100 valence electrons. The van der Waals surface area contributed by atoms with Gasteiger partial charge in [0.2, 0.25) is 0 Å². The summed E-state index contributed by atoms with van der Waals surface area (Å²) in [4.78, 5) is -0.231. The van der Waals surface area contributed by atoms with Gasteiger partial charge in [0.05, 0.1) is 18.2 Å². The summed E-state index contributed by atoms with van der Waals surface area (Å²) in [7, 11) is 1.30. The molecule has 1 aromatic carbocycles. The van der Waals surface area contributed by atoms with Crippen LogP contribution in [0, 0.1) is 0 Å². The van der Waals surface area contributed by atoms with Gasteiger partial charge in [-0.2, -0.15) is 0 Å². The predicted octanol–water partition coefficient (Wildman–Crippen LogP) is 3.09. The normalized spacial score (nSPS) is 20.1. The molecule has 0 spiro atoms. The zero-order chi connectivity index (χ0) is 13.3. The molecule has 0 amide bonds. The van der Waals surface area contributed by atoms with E-state index in [1.165, 1.54) is 12.1 Å². The third-order valence-corrected chi connectivity index (χ3v) is 4.80. The van der Waals surface area contributed by atoms with Crippen LogP contribution in [0.25, 0.3) is 0 Å². The van der Waals surface area contributed by atoms with E-state index in [2.05, 4.69) is 0 Å². The monoisotopic (exact) mass is 330 g/mol. The van der Waals surface area contributed by atoms with Gasteiger partial charge in [-0.1, -0.05) is 23.2 Å². The van der Waals surface area contributed by atoms with E-state index >= 15 is 0 Å². The van der Waals surface area contributed by atoms with Crippen molar-refractivity contribution < 1.29 is 17.9 Å². The summed E-state index contributed by atoms with van der Waals surface area (Å²) in [6, 6.07) is 2.70. The average Bonchev–Trinajstić information content (AvgIpc) is 2.76. The Morgan fingerprint density at radius 2 is 2.00 bits per heavy atom. The van der Waals surface area contributed by atoms with Crippen molar-refractivity contribution in [2.45, 2.75) is 17.4 Å². The molecule has 1 atom stereocenters. The number of hydrogen-bond donors (Lipinski definition) is 0. The third kappa shape index (κ3) is 3.03. The van der Waals surface area contributed by atoms with Crippen molar-refractivity contribution in [3.63, 3.8) is 0 Å². The summed E-state index contributed by atoms with van der Waals surface area (Å²) in [5.41, 5.74) is 0. The number of benzene rings is 1. The van der Waals surface area contributed by atoms with Gasteiger partial charge in [-0.05, 0) is 12.1 Å². The molecule has 1 aliphatic heterocycles. The molecular formula is C10H9Cl3O4S. The van der Waals surface area contributed by atoms with Crippen molar-refractivity contribution in [1.29, 1.82) is 0 Å². The summed E-state index contributed by atoms with van der Waals surface area (Å²) < 4.78 is 33.2. The first-order chi connectivity index (χ1) is 8.39. The van der Waals surface area contributed by atoms with E-state index in [9.17, 15) is 8.42 Å². The van der Waals surface area contributed by atoms with E-state index in [-0.39, 0.29) is 21.0 Å². The molecule has 0 radical (unpaired) electrons. The number of halogens is 3. The van der Waals surface area contributed by atoms with Crippen LogP contribution in [0.1, 0.15) is 6.42 Å². The fourth-order valence-corrected chi connectivity index (χ4v) is 3.36. The maximum atomic E-state index is 11.2. The molecular weight excluding hydrogens is 323 g/mol. The van der Waals surface area contributed by atoms with Crippen LogP contribution in [-0.2, 0) is 13.8 Å². The molecule has 8 heteroatoms. The van der Waals surface area contributed by atoms with Crippen molar-refractivity contribution >= 4 is 42.9 Å². The zero-order valence-corrected chi connectivity index (χ0v) is 12.1. The maximum absolute atomic E-state index is 11.2. The second kappa shape index (κ2) is 5.43. The summed E-state index contributed by atoms with van der Waals surface area (Å²) in [5, 5.41) is -0.103. The highest BCUT2D eigenvalue weighted by molar-refractivity contribution is 8.13. The standard InChI is InChI=1S/C10H9Cl3O4S/c11-9-7(17-6-3-4-16-5-6)1-2-8(10(9)12)18(13,14)15/h1-2,6H,3-5H2. The molecule has 0 bridgehead atoms. The Hall–Kier alpha value is -0.200. The van der Waals surface area contributed by atoms with E-state index in [0.717, 1.165) is 6.42 Å². The summed E-state index contributed by atoms with van der Waals surface area (Å²) in [6.07, 6.45) is 0.653. The van der Waals surface area contributed by atoms with Crippen molar-refractivity contribution in [3.05, 3.63) is 22.2 Å². The molecule has 18 heavy (non-hydrogen) atoms. The molecule has 0 saturated carbocycles. The van der Waals surface area contributed by atoms with E-state index in [1.807, 2.05) is 0 Å². The first-order valence-corrected chi connectivity index (χ1v) is 8.13. The smallest absolute Gasteiger partial charge is 0.262 e. The lowest BCUT2D eigenvalue weighted by molar-refractivity contribution is 0.141. The molecule has 0 N–H and O–H groups in total. The predicted molar refractivity (Wildman–Crippen MR) is 69.4 cm³/mol. The average molecular weight is 332 g/mol. The molecule has 4 nitrogen and oxygen atoms in total. The van der Waals surface area contributed by atoms with Gasteiger partial charge < -0.3 is 9.47 Å². The van der Waals surface area contributed by atoms with Crippen LogP contribution in [-0.4, -0.2) is 27.7 Å². The number of rotatable bonds is 3. The Morgan fingerprint density at radius 1 is 1.28 bits per heavy atom. The molecule has 1 aliphatic rings. The second-order valence-corrected chi connectivity index (χ2v) is 7.02. The lowest BCUT2D eigenvalue weighted by Gasteiger charge is -2.14. The fourth-order valence-electron chi connectivity index (χ4n) is 1.58. The summed E-state index contributed by atoms with van der Waals surface area (Å²) >= 11 is 11.8. The largest absolute Gasteiger partial charge is 0.486 e. The van der Waals surface area contributed by atoms with Crippen LogP contribution in [0.15, 0.2) is 17.0 Å². The Balaban J connectivity index is 2.31. The maximum Gasteiger partial charge on any atom is 0.262 e. The molecule has 1 fully saturated rings. The van der Waals surface area contributed by atoms with Gasteiger partial charge >= 0.3 is 0 Å². The van der Waals surface area contributed by atoms with Crippen LogP contribution in [0.2, 0.25) is 10.0 Å². The highest BCUT2D eigenvalue weighted by atomic mass is 35.7. The first-order valence-electron chi connectivity index (χ1n) is 5.06. The van der Waals surface area contributed by atoms with Gasteiger partial charge in [-0.25, -0.2) is 8.42 Å². The molecule has 1 aromatic rings. The second-order valence-electron chi connectivity index (χ2n) is 3.73. The minimum atomic E-state index is -3.92. The quantitative estimate of drug-likeness (QED) is 0.799. The van der Waals surface area contributed by atoms with Gasteiger partial charge in [-0.3, -0.25) is 0 Å². The number of hydrogen-bond acceptors (Lipinski definition) is 4. The Kier molecular flexibility index (Phi) is 4.29. The van der Waals surface area contributed by atoms with E-state index < -0.39 is 9.05 Å². The molecule has 2 rings (SSSR count). The van der Waals surface area contributed by atoms with Crippen LogP contribution in [0.5, 0.6) is 5.75 Å². The zero-order valence-electron chi connectivity index (χ0n) is 9.03. The van der Waals surface area contributed by atoms with Gasteiger partial charge in [0.15, 0.2) is 0 Å². The van der Waals surface area contributed by atoms with Gasteiger partial charge in [-0.15, -0.1) is 0 Å². The lowest BCUT2D eigenvalue weighted by Crippen LogP contribution is -2.16. The highest BCUT2D eigenvalue weighted by Crippen LogP contribution is 2.38.